The van der Waals surface area contributed by atoms with Crippen molar-refractivity contribution in [1.82, 2.24) is 24.4 Å². The Hall–Kier alpha value is -2.15. The monoisotopic (exact) mass is 368 g/mol. The van der Waals surface area contributed by atoms with Crippen molar-refractivity contribution >= 4 is 17.4 Å². The smallest absolute Gasteiger partial charge is 0.227 e. The topological polar surface area (TPSA) is 57.0 Å². The standard InChI is InChI=1S/C20H28N6O/c27-20(16-4-3-10-23-9-2-1-5-17(16)23)25-14-12-24(13-15-25)19-7-6-18-21-8-11-26(18)22-19/h6-8,11,16-17H,1-5,9-10,12-15H2/t16-,17-/m1/s1. The summed E-state index contributed by atoms with van der Waals surface area (Å²) in [6, 6.07) is 4.52. The summed E-state index contributed by atoms with van der Waals surface area (Å²) < 4.78 is 1.81. The van der Waals surface area contributed by atoms with Gasteiger partial charge in [0, 0.05) is 44.6 Å². The van der Waals surface area contributed by atoms with Gasteiger partial charge in [0.15, 0.2) is 5.65 Å². The molecule has 7 heteroatoms. The average molecular weight is 368 g/mol. The molecule has 0 N–H and O–H groups in total. The van der Waals surface area contributed by atoms with Gasteiger partial charge in [0.05, 0.1) is 5.92 Å². The number of nitrogens with zero attached hydrogens (tertiary/aromatic N) is 6. The number of carbonyl (C=O) groups excluding carboxylic acids is 1. The van der Waals surface area contributed by atoms with E-state index in [2.05, 4.69) is 24.8 Å². The van der Waals surface area contributed by atoms with Crippen LogP contribution in [0.2, 0.25) is 0 Å². The summed E-state index contributed by atoms with van der Waals surface area (Å²) in [5, 5.41) is 4.64. The average Bonchev–Trinajstić information content (AvgIpc) is 3.21. The number of piperazine rings is 1. The SMILES string of the molecule is O=C([C@@H]1CCCN2CCCC[C@H]12)N1CCN(c2ccc3nccn3n2)CC1. The van der Waals surface area contributed by atoms with Gasteiger partial charge in [-0.1, -0.05) is 6.42 Å². The number of imidazole rings is 1. The third-order valence-corrected chi connectivity index (χ3v) is 6.56. The van der Waals surface area contributed by atoms with E-state index >= 15 is 0 Å². The summed E-state index contributed by atoms with van der Waals surface area (Å²) in [5.74, 6) is 1.57. The number of amides is 1. The molecule has 3 aliphatic heterocycles. The van der Waals surface area contributed by atoms with E-state index in [1.807, 2.05) is 22.8 Å². The fourth-order valence-electron chi connectivity index (χ4n) is 5.11. The summed E-state index contributed by atoms with van der Waals surface area (Å²) in [4.78, 5) is 24.5. The Morgan fingerprint density at radius 3 is 2.70 bits per heavy atom. The Labute approximate surface area is 159 Å². The molecule has 0 unspecified atom stereocenters. The molecule has 3 aliphatic rings. The summed E-state index contributed by atoms with van der Waals surface area (Å²) in [6.45, 7) is 5.66. The van der Waals surface area contributed by atoms with Crippen molar-refractivity contribution < 1.29 is 4.79 Å². The molecule has 27 heavy (non-hydrogen) atoms. The van der Waals surface area contributed by atoms with Crippen LogP contribution in [-0.2, 0) is 4.79 Å². The van der Waals surface area contributed by atoms with Gasteiger partial charge in [0.1, 0.15) is 5.82 Å². The highest BCUT2D eigenvalue weighted by Gasteiger charge is 2.39. The number of hydrogen-bond acceptors (Lipinski definition) is 5. The predicted octanol–water partition coefficient (Wildman–Crippen LogP) is 1.64. The molecule has 2 aromatic heterocycles. The number of piperidine rings is 2. The molecule has 0 aliphatic carbocycles. The van der Waals surface area contributed by atoms with E-state index in [0.717, 1.165) is 44.1 Å². The lowest BCUT2D eigenvalue weighted by Crippen LogP contribution is -2.56. The molecule has 5 rings (SSSR count). The number of aromatic nitrogens is 3. The number of fused-ring (bicyclic) bond motifs is 2. The largest absolute Gasteiger partial charge is 0.352 e. The number of carbonyl (C=O) groups is 1. The maximum absolute atomic E-state index is 13.2. The lowest BCUT2D eigenvalue weighted by Gasteiger charge is -2.46. The van der Waals surface area contributed by atoms with Gasteiger partial charge in [-0.25, -0.2) is 9.50 Å². The molecule has 0 radical (unpaired) electrons. The van der Waals surface area contributed by atoms with Crippen LogP contribution in [0.4, 0.5) is 5.82 Å². The van der Waals surface area contributed by atoms with E-state index in [4.69, 9.17) is 0 Å². The Morgan fingerprint density at radius 1 is 0.963 bits per heavy atom. The Morgan fingerprint density at radius 2 is 1.81 bits per heavy atom. The van der Waals surface area contributed by atoms with E-state index in [1.165, 1.54) is 38.8 Å². The van der Waals surface area contributed by atoms with Gasteiger partial charge in [0.2, 0.25) is 5.91 Å². The van der Waals surface area contributed by atoms with Crippen molar-refractivity contribution in [2.24, 2.45) is 5.92 Å². The van der Waals surface area contributed by atoms with Crippen molar-refractivity contribution in [2.45, 2.75) is 38.1 Å². The van der Waals surface area contributed by atoms with E-state index in [1.54, 1.807) is 6.20 Å². The number of rotatable bonds is 2. The molecule has 1 amide bonds. The highest BCUT2D eigenvalue weighted by atomic mass is 16.2. The van der Waals surface area contributed by atoms with Gasteiger partial charge >= 0.3 is 0 Å². The van der Waals surface area contributed by atoms with Crippen LogP contribution in [0, 0.1) is 5.92 Å². The molecule has 2 aromatic rings. The highest BCUT2D eigenvalue weighted by Crippen LogP contribution is 2.32. The number of anilines is 1. The zero-order valence-corrected chi connectivity index (χ0v) is 15.8. The molecule has 5 heterocycles. The van der Waals surface area contributed by atoms with Gasteiger partial charge in [-0.15, -0.1) is 5.10 Å². The quantitative estimate of drug-likeness (QED) is 0.807. The van der Waals surface area contributed by atoms with Gasteiger partial charge in [-0.2, -0.15) is 0 Å². The van der Waals surface area contributed by atoms with Gasteiger partial charge < -0.3 is 9.80 Å². The van der Waals surface area contributed by atoms with Crippen LogP contribution in [0.1, 0.15) is 32.1 Å². The molecule has 0 saturated carbocycles. The Balaban J connectivity index is 1.23. The van der Waals surface area contributed by atoms with Crippen molar-refractivity contribution in [3.05, 3.63) is 24.5 Å². The van der Waals surface area contributed by atoms with Crippen LogP contribution in [0.15, 0.2) is 24.5 Å². The minimum Gasteiger partial charge on any atom is -0.352 e. The molecule has 0 spiro atoms. The first-order valence-electron chi connectivity index (χ1n) is 10.4. The molecule has 0 aromatic carbocycles. The molecule has 0 bridgehead atoms. The van der Waals surface area contributed by atoms with Crippen LogP contribution >= 0.6 is 0 Å². The third kappa shape index (κ3) is 3.18. The van der Waals surface area contributed by atoms with Crippen LogP contribution in [-0.4, -0.2) is 75.6 Å². The van der Waals surface area contributed by atoms with Gasteiger partial charge in [0.25, 0.3) is 0 Å². The van der Waals surface area contributed by atoms with E-state index < -0.39 is 0 Å². The van der Waals surface area contributed by atoms with Crippen LogP contribution in [0.25, 0.3) is 5.65 Å². The number of hydrogen-bond donors (Lipinski definition) is 0. The van der Waals surface area contributed by atoms with Crippen molar-refractivity contribution in [1.29, 1.82) is 0 Å². The fraction of sp³-hybridized carbons (Fsp3) is 0.650. The predicted molar refractivity (Wildman–Crippen MR) is 104 cm³/mol. The molecular formula is C20H28N6O. The summed E-state index contributed by atoms with van der Waals surface area (Å²) in [6.07, 6.45) is 9.65. The second-order valence-electron chi connectivity index (χ2n) is 8.08. The zero-order chi connectivity index (χ0) is 18.2. The second-order valence-corrected chi connectivity index (χ2v) is 8.08. The third-order valence-electron chi connectivity index (χ3n) is 6.56. The van der Waals surface area contributed by atoms with Crippen molar-refractivity contribution in [3.8, 4) is 0 Å². The van der Waals surface area contributed by atoms with E-state index in [-0.39, 0.29) is 5.92 Å². The fourth-order valence-corrected chi connectivity index (χ4v) is 5.11. The second kappa shape index (κ2) is 7.11. The molecule has 2 atom stereocenters. The minimum absolute atomic E-state index is 0.214. The Kier molecular flexibility index (Phi) is 4.47. The maximum Gasteiger partial charge on any atom is 0.227 e. The lowest BCUT2D eigenvalue weighted by atomic mass is 9.82. The molecule has 3 fully saturated rings. The lowest BCUT2D eigenvalue weighted by molar-refractivity contribution is -0.140. The molecule has 3 saturated heterocycles. The maximum atomic E-state index is 13.2. The van der Waals surface area contributed by atoms with E-state index in [9.17, 15) is 4.79 Å². The summed E-state index contributed by atoms with van der Waals surface area (Å²) in [5.41, 5.74) is 0.863. The molecular weight excluding hydrogens is 340 g/mol. The Bertz CT molecular complexity index is 810. The summed E-state index contributed by atoms with van der Waals surface area (Å²) in [7, 11) is 0. The highest BCUT2D eigenvalue weighted by molar-refractivity contribution is 5.80. The zero-order valence-electron chi connectivity index (χ0n) is 15.8. The van der Waals surface area contributed by atoms with Crippen molar-refractivity contribution in [2.75, 3.05) is 44.2 Å². The van der Waals surface area contributed by atoms with Crippen LogP contribution < -0.4 is 4.90 Å². The van der Waals surface area contributed by atoms with Gasteiger partial charge in [-0.3, -0.25) is 9.69 Å². The summed E-state index contributed by atoms with van der Waals surface area (Å²) >= 11 is 0. The first-order valence-corrected chi connectivity index (χ1v) is 10.4. The first kappa shape index (κ1) is 17.0. The normalized spacial score (nSPS) is 27.0. The minimum atomic E-state index is 0.214. The van der Waals surface area contributed by atoms with Gasteiger partial charge in [-0.05, 0) is 50.9 Å². The van der Waals surface area contributed by atoms with Crippen LogP contribution in [0.3, 0.4) is 0 Å². The first-order chi connectivity index (χ1) is 13.3. The van der Waals surface area contributed by atoms with E-state index in [0.29, 0.717) is 11.9 Å². The van der Waals surface area contributed by atoms with Crippen LogP contribution in [0.5, 0.6) is 0 Å². The van der Waals surface area contributed by atoms with Crippen molar-refractivity contribution in [3.63, 3.8) is 0 Å². The molecule has 144 valence electrons. The molecule has 7 nitrogen and oxygen atoms in total.